The van der Waals surface area contributed by atoms with Crippen LogP contribution in [-0.4, -0.2) is 30.8 Å². The number of hydrogen-bond acceptors (Lipinski definition) is 4. The van der Waals surface area contributed by atoms with Gasteiger partial charge in [0.15, 0.2) is 0 Å². The summed E-state index contributed by atoms with van der Waals surface area (Å²) in [7, 11) is 1.54. The number of para-hydroxylation sites is 1. The number of carbonyl (C=O) groups is 2. The van der Waals surface area contributed by atoms with Gasteiger partial charge in [-0.1, -0.05) is 18.2 Å². The van der Waals surface area contributed by atoms with Gasteiger partial charge < -0.3 is 14.6 Å². The van der Waals surface area contributed by atoms with E-state index in [0.717, 1.165) is 5.56 Å². The maximum Gasteiger partial charge on any atom is 0.313 e. The van der Waals surface area contributed by atoms with Gasteiger partial charge in [-0.15, -0.1) is 0 Å². The number of carbonyl (C=O) groups excluding carboxylic acids is 1. The maximum absolute atomic E-state index is 12.1. The minimum atomic E-state index is -0.868. The van der Waals surface area contributed by atoms with E-state index in [4.69, 9.17) is 14.6 Å². The summed E-state index contributed by atoms with van der Waals surface area (Å²) in [5.41, 5.74) is 0.735. The fourth-order valence-corrected chi connectivity index (χ4v) is 2.05. The Hall–Kier alpha value is -2.04. The lowest BCUT2D eigenvalue weighted by atomic mass is 9.92. The Morgan fingerprint density at radius 3 is 2.60 bits per heavy atom. The van der Waals surface area contributed by atoms with Gasteiger partial charge in [-0.05, 0) is 25.8 Å². The molecule has 1 rings (SSSR count). The van der Waals surface area contributed by atoms with Crippen molar-refractivity contribution in [2.24, 2.45) is 0 Å². The van der Waals surface area contributed by atoms with Gasteiger partial charge >= 0.3 is 11.9 Å². The van der Waals surface area contributed by atoms with Crippen LogP contribution in [0.15, 0.2) is 24.3 Å². The van der Waals surface area contributed by atoms with E-state index < -0.39 is 11.9 Å². The normalized spacial score (nSPS) is 11.7. The van der Waals surface area contributed by atoms with Gasteiger partial charge in [-0.3, -0.25) is 9.59 Å². The summed E-state index contributed by atoms with van der Waals surface area (Å²) in [4.78, 5) is 22.7. The highest BCUT2D eigenvalue weighted by Crippen LogP contribution is 2.31. The van der Waals surface area contributed by atoms with Crippen LogP contribution in [0.25, 0.3) is 0 Å². The highest BCUT2D eigenvalue weighted by molar-refractivity contribution is 5.79. The summed E-state index contributed by atoms with van der Waals surface area (Å²) >= 11 is 0. The van der Waals surface area contributed by atoms with E-state index in [1.807, 2.05) is 12.1 Å². The molecule has 0 heterocycles. The molecule has 0 aliphatic carbocycles. The van der Waals surface area contributed by atoms with Gasteiger partial charge in [0.25, 0.3) is 0 Å². The van der Waals surface area contributed by atoms with E-state index in [1.165, 1.54) is 7.11 Å². The van der Waals surface area contributed by atoms with Gasteiger partial charge in [0.05, 0.1) is 19.6 Å². The molecular weight excluding hydrogens is 260 g/mol. The highest BCUT2D eigenvalue weighted by atomic mass is 16.5. The topological polar surface area (TPSA) is 72.8 Å². The summed E-state index contributed by atoms with van der Waals surface area (Å²) in [5.74, 6) is -1.10. The molecule has 20 heavy (non-hydrogen) atoms. The average Bonchev–Trinajstić information content (AvgIpc) is 2.43. The van der Waals surface area contributed by atoms with Crippen LogP contribution < -0.4 is 4.74 Å². The lowest BCUT2D eigenvalue weighted by Gasteiger charge is -2.18. The average molecular weight is 280 g/mol. The standard InChI is InChI=1S/C15H20O5/c1-3-20-15(18)12(8-6-10-14(16)17)11-7-4-5-9-13(11)19-2/h4-5,7,9,12H,3,6,8,10H2,1-2H3,(H,16,17). The zero-order valence-electron chi connectivity index (χ0n) is 11.8. The largest absolute Gasteiger partial charge is 0.496 e. The van der Waals surface area contributed by atoms with Crippen molar-refractivity contribution < 1.29 is 24.2 Å². The predicted octanol–water partition coefficient (Wildman–Crippen LogP) is 2.60. The van der Waals surface area contributed by atoms with Crippen molar-refractivity contribution >= 4 is 11.9 Å². The fourth-order valence-electron chi connectivity index (χ4n) is 2.05. The molecule has 0 aliphatic heterocycles. The molecule has 1 atom stereocenters. The lowest BCUT2D eigenvalue weighted by Crippen LogP contribution is -2.17. The Kier molecular flexibility index (Phi) is 6.56. The molecule has 0 aromatic heterocycles. The molecule has 1 unspecified atom stereocenters. The second-order valence-electron chi connectivity index (χ2n) is 4.33. The third-order valence-corrected chi connectivity index (χ3v) is 2.97. The first kappa shape index (κ1) is 16.0. The van der Waals surface area contributed by atoms with Crippen LogP contribution >= 0.6 is 0 Å². The van der Waals surface area contributed by atoms with Gasteiger partial charge in [-0.25, -0.2) is 0 Å². The van der Waals surface area contributed by atoms with E-state index in [0.29, 0.717) is 25.2 Å². The van der Waals surface area contributed by atoms with Crippen molar-refractivity contribution in [1.29, 1.82) is 0 Å². The SMILES string of the molecule is CCOC(=O)C(CCCC(=O)O)c1ccccc1OC. The Bertz CT molecular complexity index is 455. The Labute approximate surface area is 118 Å². The zero-order chi connectivity index (χ0) is 15.0. The van der Waals surface area contributed by atoms with Crippen molar-refractivity contribution in [3.05, 3.63) is 29.8 Å². The van der Waals surface area contributed by atoms with E-state index in [-0.39, 0.29) is 12.4 Å². The lowest BCUT2D eigenvalue weighted by molar-refractivity contribution is -0.145. The molecule has 1 aromatic carbocycles. The Morgan fingerprint density at radius 2 is 2.00 bits per heavy atom. The molecule has 0 fully saturated rings. The van der Waals surface area contributed by atoms with Gasteiger partial charge in [-0.2, -0.15) is 0 Å². The monoisotopic (exact) mass is 280 g/mol. The second kappa shape index (κ2) is 8.19. The molecule has 0 saturated carbocycles. The second-order valence-corrected chi connectivity index (χ2v) is 4.33. The number of esters is 1. The molecule has 1 N–H and O–H groups in total. The smallest absolute Gasteiger partial charge is 0.313 e. The molecule has 0 bridgehead atoms. The number of carboxylic acid groups (broad SMARTS) is 1. The summed E-state index contributed by atoms with van der Waals surface area (Å²) in [5, 5.41) is 8.70. The quantitative estimate of drug-likeness (QED) is 0.741. The molecule has 5 heteroatoms. The first-order valence-corrected chi connectivity index (χ1v) is 6.61. The maximum atomic E-state index is 12.1. The van der Waals surface area contributed by atoms with E-state index in [9.17, 15) is 9.59 Å². The number of aliphatic carboxylic acids is 1. The first-order valence-electron chi connectivity index (χ1n) is 6.61. The molecule has 0 aliphatic rings. The van der Waals surface area contributed by atoms with Gasteiger partial charge in [0.2, 0.25) is 0 Å². The third kappa shape index (κ3) is 4.57. The van der Waals surface area contributed by atoms with Crippen LogP contribution in [0.4, 0.5) is 0 Å². The molecular formula is C15H20O5. The first-order chi connectivity index (χ1) is 9.60. The van der Waals surface area contributed by atoms with Crippen molar-refractivity contribution in [1.82, 2.24) is 0 Å². The fraction of sp³-hybridized carbons (Fsp3) is 0.467. The molecule has 0 spiro atoms. The molecule has 1 aromatic rings. The summed E-state index contributed by atoms with van der Waals surface area (Å²) in [6.07, 6.45) is 0.868. The number of ether oxygens (including phenoxy) is 2. The van der Waals surface area contributed by atoms with E-state index in [2.05, 4.69) is 0 Å². The van der Waals surface area contributed by atoms with Crippen LogP contribution in [0.2, 0.25) is 0 Å². The van der Waals surface area contributed by atoms with Crippen LogP contribution in [0, 0.1) is 0 Å². The van der Waals surface area contributed by atoms with Crippen LogP contribution in [0.3, 0.4) is 0 Å². The Balaban J connectivity index is 2.90. The molecule has 0 radical (unpaired) electrons. The molecule has 5 nitrogen and oxygen atoms in total. The van der Waals surface area contributed by atoms with Crippen LogP contribution in [0.5, 0.6) is 5.75 Å². The van der Waals surface area contributed by atoms with Crippen molar-refractivity contribution in [3.8, 4) is 5.75 Å². The summed E-state index contributed by atoms with van der Waals surface area (Å²) in [6.45, 7) is 2.04. The number of rotatable bonds is 8. The molecule has 0 amide bonds. The van der Waals surface area contributed by atoms with Crippen molar-refractivity contribution in [2.75, 3.05) is 13.7 Å². The van der Waals surface area contributed by atoms with E-state index in [1.54, 1.807) is 19.1 Å². The molecule has 110 valence electrons. The Morgan fingerprint density at radius 1 is 1.30 bits per heavy atom. The minimum absolute atomic E-state index is 0.0328. The predicted molar refractivity (Wildman–Crippen MR) is 73.9 cm³/mol. The number of methoxy groups -OCH3 is 1. The number of carboxylic acids is 1. The summed E-state index contributed by atoms with van der Waals surface area (Å²) in [6, 6.07) is 7.23. The van der Waals surface area contributed by atoms with Crippen molar-refractivity contribution in [2.45, 2.75) is 32.1 Å². The highest BCUT2D eigenvalue weighted by Gasteiger charge is 2.24. The van der Waals surface area contributed by atoms with Gasteiger partial charge in [0.1, 0.15) is 5.75 Å². The third-order valence-electron chi connectivity index (χ3n) is 2.97. The van der Waals surface area contributed by atoms with Crippen molar-refractivity contribution in [3.63, 3.8) is 0 Å². The van der Waals surface area contributed by atoms with Crippen LogP contribution in [0.1, 0.15) is 37.7 Å². The molecule has 0 saturated heterocycles. The number of hydrogen-bond donors (Lipinski definition) is 1. The zero-order valence-corrected chi connectivity index (χ0v) is 11.8. The minimum Gasteiger partial charge on any atom is -0.496 e. The van der Waals surface area contributed by atoms with Crippen LogP contribution in [-0.2, 0) is 14.3 Å². The van der Waals surface area contributed by atoms with E-state index >= 15 is 0 Å². The van der Waals surface area contributed by atoms with Gasteiger partial charge in [0, 0.05) is 12.0 Å². The summed E-state index contributed by atoms with van der Waals surface area (Å²) < 4.78 is 10.3. The number of benzene rings is 1.